The van der Waals surface area contributed by atoms with Gasteiger partial charge in [0.05, 0.1) is 11.0 Å². The highest BCUT2D eigenvalue weighted by molar-refractivity contribution is 6.31. The summed E-state index contributed by atoms with van der Waals surface area (Å²) in [5, 5.41) is 3.86. The second-order valence-corrected chi connectivity index (χ2v) is 6.23. The first-order valence-electron chi connectivity index (χ1n) is 7.66. The molecule has 122 valence electrons. The van der Waals surface area contributed by atoms with Crippen LogP contribution in [0.1, 0.15) is 6.42 Å². The predicted molar refractivity (Wildman–Crippen MR) is 94.8 cm³/mol. The van der Waals surface area contributed by atoms with Crippen molar-refractivity contribution >= 4 is 39.9 Å². The fourth-order valence-corrected chi connectivity index (χ4v) is 3.22. The number of amides is 1. The molecule has 1 unspecified atom stereocenters. The topological polar surface area (TPSA) is 81.0 Å². The van der Waals surface area contributed by atoms with E-state index in [1.807, 2.05) is 30.3 Å². The van der Waals surface area contributed by atoms with Gasteiger partial charge in [-0.15, -0.1) is 0 Å². The smallest absolute Gasteiger partial charge is 0.323 e. The maximum atomic E-state index is 12.6. The number of anilines is 2. The van der Waals surface area contributed by atoms with E-state index in [1.54, 1.807) is 17.0 Å². The lowest BCUT2D eigenvalue weighted by Crippen LogP contribution is -2.33. The number of carbonyl (C=O) groups excluding carboxylic acids is 1. The Bertz CT molecular complexity index is 978. The predicted octanol–water partition coefficient (Wildman–Crippen LogP) is 2.73. The summed E-state index contributed by atoms with van der Waals surface area (Å²) in [7, 11) is 0. The first kappa shape index (κ1) is 14.8. The van der Waals surface area contributed by atoms with Gasteiger partial charge >= 0.3 is 5.69 Å². The molecule has 0 spiro atoms. The van der Waals surface area contributed by atoms with E-state index < -0.39 is 0 Å². The van der Waals surface area contributed by atoms with Crippen LogP contribution < -0.4 is 15.9 Å². The van der Waals surface area contributed by atoms with Crippen molar-refractivity contribution in [3.8, 4) is 0 Å². The van der Waals surface area contributed by atoms with Gasteiger partial charge in [0.1, 0.15) is 6.04 Å². The first-order chi connectivity index (χ1) is 11.6. The second-order valence-electron chi connectivity index (χ2n) is 5.79. The van der Waals surface area contributed by atoms with E-state index in [0.29, 0.717) is 23.5 Å². The quantitative estimate of drug-likeness (QED) is 0.684. The third kappa shape index (κ3) is 2.65. The van der Waals surface area contributed by atoms with Crippen LogP contribution >= 0.6 is 11.6 Å². The zero-order chi connectivity index (χ0) is 16.7. The van der Waals surface area contributed by atoms with Crippen molar-refractivity contribution in [1.29, 1.82) is 0 Å². The SMILES string of the molecule is O=C1C(Nc2ccc3[nH]c(=O)[nH]c3c2)CCN1c1cccc(Cl)c1. The van der Waals surface area contributed by atoms with Gasteiger partial charge in [0.25, 0.3) is 0 Å². The maximum Gasteiger partial charge on any atom is 0.323 e. The monoisotopic (exact) mass is 342 g/mol. The Labute approximate surface area is 142 Å². The Morgan fingerprint density at radius 1 is 1.08 bits per heavy atom. The lowest BCUT2D eigenvalue weighted by molar-refractivity contribution is -0.117. The van der Waals surface area contributed by atoms with Crippen molar-refractivity contribution in [3.63, 3.8) is 0 Å². The summed E-state index contributed by atoms with van der Waals surface area (Å²) in [5.41, 5.74) is 2.81. The Balaban J connectivity index is 1.54. The van der Waals surface area contributed by atoms with Gasteiger partial charge in [-0.1, -0.05) is 17.7 Å². The van der Waals surface area contributed by atoms with E-state index in [9.17, 15) is 9.59 Å². The number of halogens is 1. The number of benzene rings is 2. The van der Waals surface area contributed by atoms with Gasteiger partial charge < -0.3 is 20.2 Å². The van der Waals surface area contributed by atoms with Gasteiger partial charge in [0.2, 0.25) is 5.91 Å². The molecule has 4 rings (SSSR count). The summed E-state index contributed by atoms with van der Waals surface area (Å²) >= 11 is 6.01. The Hall–Kier alpha value is -2.73. The second kappa shape index (κ2) is 5.72. The molecule has 3 N–H and O–H groups in total. The number of imidazole rings is 1. The summed E-state index contributed by atoms with van der Waals surface area (Å²) < 4.78 is 0. The number of nitrogens with one attached hydrogen (secondary N) is 3. The molecule has 2 heterocycles. The van der Waals surface area contributed by atoms with Crippen molar-refractivity contribution in [1.82, 2.24) is 9.97 Å². The van der Waals surface area contributed by atoms with Crippen LogP contribution in [-0.4, -0.2) is 28.5 Å². The largest absolute Gasteiger partial charge is 0.374 e. The van der Waals surface area contributed by atoms with Gasteiger partial charge in [0, 0.05) is 22.9 Å². The average Bonchev–Trinajstić information content (AvgIpc) is 3.09. The van der Waals surface area contributed by atoms with Crippen molar-refractivity contribution in [3.05, 3.63) is 58.0 Å². The molecule has 24 heavy (non-hydrogen) atoms. The molecule has 1 aromatic heterocycles. The van der Waals surface area contributed by atoms with Crippen LogP contribution in [0.5, 0.6) is 0 Å². The van der Waals surface area contributed by atoms with Crippen LogP contribution in [0, 0.1) is 0 Å². The van der Waals surface area contributed by atoms with Crippen LogP contribution in [0.2, 0.25) is 5.02 Å². The fraction of sp³-hybridized carbons (Fsp3) is 0.176. The zero-order valence-electron chi connectivity index (χ0n) is 12.7. The van der Waals surface area contributed by atoms with Crippen molar-refractivity contribution in [2.45, 2.75) is 12.5 Å². The lowest BCUT2D eigenvalue weighted by Gasteiger charge is -2.18. The summed E-state index contributed by atoms with van der Waals surface area (Å²) in [6.07, 6.45) is 0.701. The summed E-state index contributed by atoms with van der Waals surface area (Å²) in [6, 6.07) is 12.5. The third-order valence-electron chi connectivity index (χ3n) is 4.18. The molecule has 0 bridgehead atoms. The van der Waals surface area contributed by atoms with Gasteiger partial charge in [-0.25, -0.2) is 4.79 Å². The van der Waals surface area contributed by atoms with Gasteiger partial charge in [-0.05, 0) is 42.8 Å². The Kier molecular flexibility index (Phi) is 3.54. The van der Waals surface area contributed by atoms with Gasteiger partial charge in [0.15, 0.2) is 0 Å². The number of hydrogen-bond donors (Lipinski definition) is 3. The van der Waals surface area contributed by atoms with Crippen LogP contribution in [0.15, 0.2) is 47.3 Å². The molecule has 1 atom stereocenters. The number of aromatic nitrogens is 2. The van der Waals surface area contributed by atoms with E-state index in [-0.39, 0.29) is 17.6 Å². The molecular weight excluding hydrogens is 328 g/mol. The van der Waals surface area contributed by atoms with E-state index in [2.05, 4.69) is 15.3 Å². The minimum Gasteiger partial charge on any atom is -0.374 e. The number of H-pyrrole nitrogens is 2. The molecule has 6 nitrogen and oxygen atoms in total. The summed E-state index contributed by atoms with van der Waals surface area (Å²) in [5.74, 6) is 0.0138. The zero-order valence-corrected chi connectivity index (χ0v) is 13.4. The van der Waals surface area contributed by atoms with E-state index in [1.165, 1.54) is 0 Å². The highest BCUT2D eigenvalue weighted by atomic mass is 35.5. The number of hydrogen-bond acceptors (Lipinski definition) is 3. The highest BCUT2D eigenvalue weighted by Gasteiger charge is 2.32. The van der Waals surface area contributed by atoms with Gasteiger partial charge in [-0.3, -0.25) is 4.79 Å². The van der Waals surface area contributed by atoms with Crippen LogP contribution in [-0.2, 0) is 4.79 Å². The van der Waals surface area contributed by atoms with Crippen LogP contribution in [0.4, 0.5) is 11.4 Å². The molecule has 1 fully saturated rings. The molecule has 1 aliphatic rings. The first-order valence-corrected chi connectivity index (χ1v) is 8.03. The minimum absolute atomic E-state index is 0.0138. The number of nitrogens with zero attached hydrogens (tertiary/aromatic N) is 1. The molecule has 1 amide bonds. The van der Waals surface area contributed by atoms with E-state index in [0.717, 1.165) is 16.9 Å². The molecule has 2 aromatic carbocycles. The molecule has 0 saturated carbocycles. The standard InChI is InChI=1S/C17H15ClN4O2/c18-10-2-1-3-12(8-10)22-7-6-14(16(22)23)19-11-4-5-13-15(9-11)21-17(24)20-13/h1-5,8-9,14,19H,6-7H2,(H2,20,21,24). The maximum absolute atomic E-state index is 12.6. The number of rotatable bonds is 3. The molecule has 0 radical (unpaired) electrons. The lowest BCUT2D eigenvalue weighted by atomic mass is 10.2. The normalized spacial score (nSPS) is 17.6. The summed E-state index contributed by atoms with van der Waals surface area (Å²) in [4.78, 5) is 31.1. The Morgan fingerprint density at radius 3 is 2.75 bits per heavy atom. The Morgan fingerprint density at radius 2 is 1.92 bits per heavy atom. The molecule has 1 saturated heterocycles. The van der Waals surface area contributed by atoms with Crippen molar-refractivity contribution in [2.75, 3.05) is 16.8 Å². The minimum atomic E-state index is -0.299. The van der Waals surface area contributed by atoms with Gasteiger partial charge in [-0.2, -0.15) is 0 Å². The number of fused-ring (bicyclic) bond motifs is 1. The van der Waals surface area contributed by atoms with E-state index in [4.69, 9.17) is 11.6 Å². The number of aromatic amines is 2. The molecular formula is C17H15ClN4O2. The molecule has 7 heteroatoms. The van der Waals surface area contributed by atoms with Crippen LogP contribution in [0.25, 0.3) is 11.0 Å². The third-order valence-corrected chi connectivity index (χ3v) is 4.42. The van der Waals surface area contributed by atoms with E-state index >= 15 is 0 Å². The molecule has 0 aliphatic carbocycles. The van der Waals surface area contributed by atoms with Crippen LogP contribution in [0.3, 0.4) is 0 Å². The fourth-order valence-electron chi connectivity index (χ4n) is 3.04. The number of carbonyl (C=O) groups is 1. The summed E-state index contributed by atoms with van der Waals surface area (Å²) in [6.45, 7) is 0.639. The molecule has 3 aromatic rings. The van der Waals surface area contributed by atoms with Crippen molar-refractivity contribution in [2.24, 2.45) is 0 Å². The average molecular weight is 343 g/mol. The highest BCUT2D eigenvalue weighted by Crippen LogP contribution is 2.26. The van der Waals surface area contributed by atoms with Crippen molar-refractivity contribution < 1.29 is 4.79 Å². The molecule has 1 aliphatic heterocycles.